The minimum Gasteiger partial charge on any atom is -0.494 e. The van der Waals surface area contributed by atoms with Gasteiger partial charge in [0.25, 0.3) is 0 Å². The van der Waals surface area contributed by atoms with Gasteiger partial charge in [0.1, 0.15) is 5.75 Å². The summed E-state index contributed by atoms with van der Waals surface area (Å²) in [5, 5.41) is 0.960. The summed E-state index contributed by atoms with van der Waals surface area (Å²) in [6, 6.07) is 5.81. The van der Waals surface area contributed by atoms with Crippen molar-refractivity contribution in [3.8, 4) is 5.75 Å². The van der Waals surface area contributed by atoms with E-state index in [0.717, 1.165) is 35.1 Å². The smallest absolute Gasteiger partial charge is 0.165 e. The van der Waals surface area contributed by atoms with Gasteiger partial charge in [0.15, 0.2) is 5.78 Å². The molecule has 0 unspecified atom stereocenters. The Bertz CT molecular complexity index is 542. The molecule has 0 aliphatic carbocycles. The highest BCUT2D eigenvalue weighted by Crippen LogP contribution is 2.25. The number of fused-ring (bicyclic) bond motifs is 1. The van der Waals surface area contributed by atoms with Crippen molar-refractivity contribution in [2.24, 2.45) is 0 Å². The lowest BCUT2D eigenvalue weighted by Gasteiger charge is -2.03. The summed E-state index contributed by atoms with van der Waals surface area (Å²) in [4.78, 5) is 15.2. The van der Waals surface area contributed by atoms with Crippen molar-refractivity contribution in [1.29, 1.82) is 0 Å². The summed E-state index contributed by atoms with van der Waals surface area (Å²) in [7, 11) is 0. The first kappa shape index (κ1) is 12.7. The maximum Gasteiger partial charge on any atom is 0.165 e. The lowest BCUT2D eigenvalue weighted by atomic mass is 10.0. The van der Waals surface area contributed by atoms with Gasteiger partial charge in [0.05, 0.1) is 6.61 Å². The van der Waals surface area contributed by atoms with E-state index < -0.39 is 0 Å². The summed E-state index contributed by atoms with van der Waals surface area (Å²) < 4.78 is 5.47. The van der Waals surface area contributed by atoms with Crippen LogP contribution in [0.4, 0.5) is 0 Å². The van der Waals surface area contributed by atoms with Gasteiger partial charge in [-0.3, -0.25) is 4.79 Å². The van der Waals surface area contributed by atoms with Gasteiger partial charge in [-0.1, -0.05) is 13.3 Å². The number of ether oxygens (including phenoxy) is 1. The molecule has 0 radical (unpaired) electrons. The fraction of sp³-hybridized carbons (Fsp3) is 0.400. The maximum atomic E-state index is 12.1. The summed E-state index contributed by atoms with van der Waals surface area (Å²) in [6.45, 7) is 4.68. The molecule has 0 saturated carbocycles. The Labute approximate surface area is 107 Å². The average molecular weight is 245 g/mol. The van der Waals surface area contributed by atoms with E-state index in [1.807, 2.05) is 25.1 Å². The molecule has 96 valence electrons. The number of rotatable bonds is 6. The molecular weight excluding hydrogens is 226 g/mol. The summed E-state index contributed by atoms with van der Waals surface area (Å²) in [5.74, 6) is 1.02. The molecule has 0 spiro atoms. The van der Waals surface area contributed by atoms with Gasteiger partial charge < -0.3 is 9.72 Å². The van der Waals surface area contributed by atoms with Gasteiger partial charge in [0.2, 0.25) is 0 Å². The molecule has 0 amide bonds. The van der Waals surface area contributed by atoms with Crippen molar-refractivity contribution in [2.45, 2.75) is 33.1 Å². The van der Waals surface area contributed by atoms with Crippen LogP contribution in [0, 0.1) is 0 Å². The first-order chi connectivity index (χ1) is 8.76. The minimum absolute atomic E-state index is 0.205. The molecule has 0 bridgehead atoms. The third-order valence-corrected chi connectivity index (χ3v) is 3.02. The van der Waals surface area contributed by atoms with Crippen molar-refractivity contribution in [3.63, 3.8) is 0 Å². The molecule has 3 nitrogen and oxygen atoms in total. The number of carbonyl (C=O) groups is 1. The molecule has 0 aliphatic rings. The lowest BCUT2D eigenvalue weighted by Crippen LogP contribution is -1.97. The number of carbonyl (C=O) groups excluding carboxylic acids is 1. The standard InChI is InChI=1S/C15H19NO2/c1-3-5-6-15(17)13-10-16-14-8-7-11(18-4-2)9-12(13)14/h7-10,16H,3-6H2,1-2H3. The monoisotopic (exact) mass is 245 g/mol. The van der Waals surface area contributed by atoms with Crippen LogP contribution in [-0.4, -0.2) is 17.4 Å². The Balaban J connectivity index is 2.32. The van der Waals surface area contributed by atoms with Gasteiger partial charge in [-0.15, -0.1) is 0 Å². The predicted octanol–water partition coefficient (Wildman–Crippen LogP) is 3.94. The van der Waals surface area contributed by atoms with Crippen LogP contribution in [-0.2, 0) is 0 Å². The number of nitrogens with one attached hydrogen (secondary N) is 1. The molecule has 1 heterocycles. The molecule has 0 saturated heterocycles. The van der Waals surface area contributed by atoms with Gasteiger partial charge in [0, 0.05) is 29.1 Å². The molecule has 2 aromatic rings. The molecule has 1 N–H and O–H groups in total. The molecule has 0 atom stereocenters. The number of hydrogen-bond acceptors (Lipinski definition) is 2. The van der Waals surface area contributed by atoms with E-state index >= 15 is 0 Å². The molecule has 2 rings (SSSR count). The molecule has 0 fully saturated rings. The number of aromatic amines is 1. The number of Topliss-reactive ketones (excluding diaryl/α,β-unsaturated/α-hetero) is 1. The maximum absolute atomic E-state index is 12.1. The van der Waals surface area contributed by atoms with Crippen LogP contribution in [0.3, 0.4) is 0 Å². The van der Waals surface area contributed by atoms with Crippen LogP contribution in [0.1, 0.15) is 43.5 Å². The predicted molar refractivity (Wildman–Crippen MR) is 73.3 cm³/mol. The van der Waals surface area contributed by atoms with E-state index in [-0.39, 0.29) is 5.78 Å². The number of hydrogen-bond donors (Lipinski definition) is 1. The largest absolute Gasteiger partial charge is 0.494 e. The van der Waals surface area contributed by atoms with Crippen LogP contribution in [0.2, 0.25) is 0 Å². The zero-order chi connectivity index (χ0) is 13.0. The van der Waals surface area contributed by atoms with Crippen LogP contribution in [0.25, 0.3) is 10.9 Å². The first-order valence-electron chi connectivity index (χ1n) is 6.53. The van der Waals surface area contributed by atoms with Gasteiger partial charge in [-0.25, -0.2) is 0 Å². The fourth-order valence-electron chi connectivity index (χ4n) is 2.06. The van der Waals surface area contributed by atoms with E-state index in [1.165, 1.54) is 0 Å². The Morgan fingerprint density at radius 1 is 1.33 bits per heavy atom. The minimum atomic E-state index is 0.205. The van der Waals surface area contributed by atoms with Gasteiger partial charge >= 0.3 is 0 Å². The second-order valence-electron chi connectivity index (χ2n) is 4.37. The Hall–Kier alpha value is -1.77. The van der Waals surface area contributed by atoms with Crippen molar-refractivity contribution in [2.75, 3.05) is 6.61 Å². The van der Waals surface area contributed by atoms with Crippen molar-refractivity contribution < 1.29 is 9.53 Å². The Morgan fingerprint density at radius 2 is 2.17 bits per heavy atom. The zero-order valence-electron chi connectivity index (χ0n) is 11.0. The fourth-order valence-corrected chi connectivity index (χ4v) is 2.06. The van der Waals surface area contributed by atoms with Gasteiger partial charge in [-0.2, -0.15) is 0 Å². The van der Waals surface area contributed by atoms with Crippen molar-refractivity contribution in [1.82, 2.24) is 4.98 Å². The Kier molecular flexibility index (Phi) is 4.03. The number of H-pyrrole nitrogens is 1. The van der Waals surface area contributed by atoms with E-state index in [9.17, 15) is 4.79 Å². The average Bonchev–Trinajstić information content (AvgIpc) is 2.79. The molecule has 1 aromatic heterocycles. The summed E-state index contributed by atoms with van der Waals surface area (Å²) in [5.41, 5.74) is 1.76. The van der Waals surface area contributed by atoms with Gasteiger partial charge in [-0.05, 0) is 31.5 Å². The highest BCUT2D eigenvalue weighted by atomic mass is 16.5. The third-order valence-electron chi connectivity index (χ3n) is 3.02. The van der Waals surface area contributed by atoms with Crippen LogP contribution in [0.15, 0.2) is 24.4 Å². The number of aromatic nitrogens is 1. The van der Waals surface area contributed by atoms with Crippen LogP contribution < -0.4 is 4.74 Å². The Morgan fingerprint density at radius 3 is 2.89 bits per heavy atom. The molecule has 18 heavy (non-hydrogen) atoms. The highest BCUT2D eigenvalue weighted by Gasteiger charge is 2.12. The number of benzene rings is 1. The second kappa shape index (κ2) is 5.71. The van der Waals surface area contributed by atoms with E-state index in [4.69, 9.17) is 4.74 Å². The molecule has 3 heteroatoms. The van der Waals surface area contributed by atoms with E-state index in [2.05, 4.69) is 11.9 Å². The summed E-state index contributed by atoms with van der Waals surface area (Å²) >= 11 is 0. The quantitative estimate of drug-likeness (QED) is 0.783. The second-order valence-corrected chi connectivity index (χ2v) is 4.37. The van der Waals surface area contributed by atoms with Crippen molar-refractivity contribution in [3.05, 3.63) is 30.0 Å². The van der Waals surface area contributed by atoms with E-state index in [1.54, 1.807) is 6.20 Å². The normalized spacial score (nSPS) is 10.8. The molecular formula is C15H19NO2. The number of unbranched alkanes of at least 4 members (excludes halogenated alkanes) is 1. The summed E-state index contributed by atoms with van der Waals surface area (Å²) in [6.07, 6.45) is 4.40. The van der Waals surface area contributed by atoms with Crippen LogP contribution >= 0.6 is 0 Å². The molecule has 0 aliphatic heterocycles. The SMILES string of the molecule is CCCCC(=O)c1c[nH]c2ccc(OCC)cc12. The number of ketones is 1. The first-order valence-corrected chi connectivity index (χ1v) is 6.53. The topological polar surface area (TPSA) is 42.1 Å². The zero-order valence-corrected chi connectivity index (χ0v) is 11.0. The molecule has 1 aromatic carbocycles. The van der Waals surface area contributed by atoms with E-state index in [0.29, 0.717) is 13.0 Å². The van der Waals surface area contributed by atoms with Crippen LogP contribution in [0.5, 0.6) is 5.75 Å². The van der Waals surface area contributed by atoms with Crippen molar-refractivity contribution >= 4 is 16.7 Å². The lowest BCUT2D eigenvalue weighted by molar-refractivity contribution is 0.0981. The highest BCUT2D eigenvalue weighted by molar-refractivity contribution is 6.08. The third kappa shape index (κ3) is 2.55.